The molecular formula is C11H9N2. The van der Waals surface area contributed by atoms with Crippen molar-refractivity contribution in [3.05, 3.63) is 55.1 Å². The number of hydrogen-bond donors (Lipinski definition) is 0. The summed E-state index contributed by atoms with van der Waals surface area (Å²) in [5.41, 5.74) is 2.66. The Labute approximate surface area is 77.3 Å². The van der Waals surface area contributed by atoms with E-state index in [9.17, 15) is 0 Å². The van der Waals surface area contributed by atoms with E-state index in [1.807, 2.05) is 42.5 Å². The summed E-state index contributed by atoms with van der Waals surface area (Å²) in [4.78, 5) is 0. The molecule has 2 rings (SSSR count). The predicted octanol–water partition coefficient (Wildman–Crippen LogP) is 2.33. The van der Waals surface area contributed by atoms with E-state index in [0.29, 0.717) is 5.69 Å². The maximum atomic E-state index is 4.04. The third-order valence-corrected chi connectivity index (χ3v) is 1.79. The zero-order valence-electron chi connectivity index (χ0n) is 7.14. The second kappa shape index (κ2) is 3.35. The average molecular weight is 169 g/mol. The van der Waals surface area contributed by atoms with Crippen molar-refractivity contribution in [2.75, 3.05) is 0 Å². The molecule has 0 atom stereocenters. The molecule has 63 valence electrons. The molecule has 2 aromatic rings. The van der Waals surface area contributed by atoms with Crippen molar-refractivity contribution >= 4 is 0 Å². The first kappa shape index (κ1) is 7.92. The second-order valence-electron chi connectivity index (χ2n) is 2.78. The van der Waals surface area contributed by atoms with Gasteiger partial charge in [-0.3, -0.25) is 0 Å². The van der Waals surface area contributed by atoms with Crippen molar-refractivity contribution in [1.29, 1.82) is 0 Å². The fourth-order valence-corrected chi connectivity index (χ4v) is 1.12. The smallest absolute Gasteiger partial charge is 0.0929 e. The minimum atomic E-state index is 0.694. The topological polar surface area (TPSA) is 25.8 Å². The molecule has 1 heterocycles. The first-order valence-electron chi connectivity index (χ1n) is 4.07. The predicted molar refractivity (Wildman–Crippen MR) is 51.9 cm³/mol. The molecule has 1 radical (unpaired) electrons. The van der Waals surface area contributed by atoms with Crippen LogP contribution in [0.5, 0.6) is 0 Å². The van der Waals surface area contributed by atoms with E-state index >= 15 is 0 Å². The molecular weight excluding hydrogens is 160 g/mol. The van der Waals surface area contributed by atoms with Crippen LogP contribution >= 0.6 is 0 Å². The van der Waals surface area contributed by atoms with Gasteiger partial charge in [0.1, 0.15) is 0 Å². The van der Waals surface area contributed by atoms with Gasteiger partial charge in [0.05, 0.1) is 11.4 Å². The van der Waals surface area contributed by atoms with Gasteiger partial charge in [-0.05, 0) is 19.1 Å². The molecule has 2 nitrogen and oxygen atoms in total. The van der Waals surface area contributed by atoms with Gasteiger partial charge in [0.2, 0.25) is 0 Å². The van der Waals surface area contributed by atoms with E-state index in [1.165, 1.54) is 0 Å². The molecule has 0 fully saturated rings. The van der Waals surface area contributed by atoms with Crippen molar-refractivity contribution in [2.24, 2.45) is 0 Å². The number of rotatable bonds is 1. The molecule has 0 unspecified atom stereocenters. The highest BCUT2D eigenvalue weighted by Gasteiger charge is 1.96. The zero-order chi connectivity index (χ0) is 9.10. The Morgan fingerprint density at radius 3 is 2.23 bits per heavy atom. The van der Waals surface area contributed by atoms with Gasteiger partial charge in [0.25, 0.3) is 0 Å². The molecule has 0 amide bonds. The molecule has 1 aromatic carbocycles. The summed E-state index contributed by atoms with van der Waals surface area (Å²) < 4.78 is 0. The first-order valence-corrected chi connectivity index (χ1v) is 4.07. The van der Waals surface area contributed by atoms with Crippen molar-refractivity contribution in [3.8, 4) is 11.3 Å². The van der Waals surface area contributed by atoms with E-state index < -0.39 is 0 Å². The van der Waals surface area contributed by atoms with Gasteiger partial charge in [0, 0.05) is 5.56 Å². The minimum absolute atomic E-state index is 0.694. The highest BCUT2D eigenvalue weighted by Crippen LogP contribution is 2.14. The van der Waals surface area contributed by atoms with Crippen LogP contribution in [0.25, 0.3) is 11.3 Å². The number of nitrogens with zero attached hydrogens (tertiary/aromatic N) is 2. The minimum Gasteiger partial charge on any atom is -0.155 e. The Bertz CT molecular complexity index is 379. The first-order chi connectivity index (χ1) is 6.36. The number of benzene rings is 1. The summed E-state index contributed by atoms with van der Waals surface area (Å²) in [5.74, 6) is 0. The van der Waals surface area contributed by atoms with Crippen LogP contribution in [0.4, 0.5) is 0 Å². The third kappa shape index (κ3) is 1.72. The molecule has 0 saturated carbocycles. The van der Waals surface area contributed by atoms with Gasteiger partial charge in [0.15, 0.2) is 0 Å². The fraction of sp³-hybridized carbons (Fsp3) is 0. The molecule has 13 heavy (non-hydrogen) atoms. The van der Waals surface area contributed by atoms with Crippen LogP contribution in [-0.4, -0.2) is 10.2 Å². The quantitative estimate of drug-likeness (QED) is 0.654. The standard InChI is InChI=1S/C11H9N2/c1-9-7-8-11(13-12-9)10-5-3-2-4-6-10/h2-8H,1H2. The van der Waals surface area contributed by atoms with Crippen LogP contribution in [0.1, 0.15) is 5.69 Å². The van der Waals surface area contributed by atoms with Crippen LogP contribution in [0, 0.1) is 6.92 Å². The van der Waals surface area contributed by atoms with Crippen LogP contribution in [0.2, 0.25) is 0 Å². The highest BCUT2D eigenvalue weighted by atomic mass is 15.1. The van der Waals surface area contributed by atoms with Crippen molar-refractivity contribution in [2.45, 2.75) is 0 Å². The van der Waals surface area contributed by atoms with E-state index in [4.69, 9.17) is 0 Å². The lowest BCUT2D eigenvalue weighted by Crippen LogP contribution is -1.88. The van der Waals surface area contributed by atoms with E-state index in [0.717, 1.165) is 11.3 Å². The van der Waals surface area contributed by atoms with Crippen molar-refractivity contribution in [3.63, 3.8) is 0 Å². The Morgan fingerprint density at radius 1 is 0.846 bits per heavy atom. The van der Waals surface area contributed by atoms with Crippen LogP contribution in [0.15, 0.2) is 42.5 Å². The van der Waals surface area contributed by atoms with Gasteiger partial charge in [-0.2, -0.15) is 10.2 Å². The SMILES string of the molecule is [CH2]c1ccc(-c2ccccc2)nn1. The Hall–Kier alpha value is -1.70. The summed E-state index contributed by atoms with van der Waals surface area (Å²) in [6.07, 6.45) is 0. The molecule has 2 heteroatoms. The molecule has 0 aliphatic heterocycles. The average Bonchev–Trinajstić information content (AvgIpc) is 2.20. The monoisotopic (exact) mass is 169 g/mol. The molecule has 0 aliphatic carbocycles. The lowest BCUT2D eigenvalue weighted by atomic mass is 10.1. The summed E-state index contributed by atoms with van der Waals surface area (Å²) in [5, 5.41) is 7.93. The number of hydrogen-bond acceptors (Lipinski definition) is 2. The summed E-state index contributed by atoms with van der Waals surface area (Å²) in [6.45, 7) is 3.68. The maximum absolute atomic E-state index is 4.04. The lowest BCUT2D eigenvalue weighted by Gasteiger charge is -1.98. The Morgan fingerprint density at radius 2 is 1.62 bits per heavy atom. The molecule has 0 N–H and O–H groups in total. The molecule has 0 aliphatic rings. The third-order valence-electron chi connectivity index (χ3n) is 1.79. The normalized spacial score (nSPS) is 9.92. The van der Waals surface area contributed by atoms with E-state index in [-0.39, 0.29) is 0 Å². The van der Waals surface area contributed by atoms with E-state index in [1.54, 1.807) is 0 Å². The van der Waals surface area contributed by atoms with Gasteiger partial charge >= 0.3 is 0 Å². The molecule has 1 aromatic heterocycles. The maximum Gasteiger partial charge on any atom is 0.0929 e. The van der Waals surface area contributed by atoms with Gasteiger partial charge in [-0.25, -0.2) is 0 Å². The summed E-state index contributed by atoms with van der Waals surface area (Å²) in [6, 6.07) is 13.7. The highest BCUT2D eigenvalue weighted by molar-refractivity contribution is 5.57. The van der Waals surface area contributed by atoms with Crippen LogP contribution in [0.3, 0.4) is 0 Å². The van der Waals surface area contributed by atoms with Gasteiger partial charge in [-0.1, -0.05) is 30.3 Å². The van der Waals surface area contributed by atoms with Crippen molar-refractivity contribution < 1.29 is 0 Å². The van der Waals surface area contributed by atoms with Crippen LogP contribution < -0.4 is 0 Å². The summed E-state index contributed by atoms with van der Waals surface area (Å²) in [7, 11) is 0. The van der Waals surface area contributed by atoms with Crippen LogP contribution in [-0.2, 0) is 0 Å². The Balaban J connectivity index is 2.42. The second-order valence-corrected chi connectivity index (χ2v) is 2.78. The lowest BCUT2D eigenvalue weighted by molar-refractivity contribution is 1.01. The van der Waals surface area contributed by atoms with Gasteiger partial charge < -0.3 is 0 Å². The number of aromatic nitrogens is 2. The zero-order valence-corrected chi connectivity index (χ0v) is 7.14. The molecule has 0 spiro atoms. The van der Waals surface area contributed by atoms with Crippen molar-refractivity contribution in [1.82, 2.24) is 10.2 Å². The fourth-order valence-electron chi connectivity index (χ4n) is 1.12. The van der Waals surface area contributed by atoms with Gasteiger partial charge in [-0.15, -0.1) is 0 Å². The largest absolute Gasteiger partial charge is 0.155 e. The molecule has 0 bridgehead atoms. The Kier molecular flexibility index (Phi) is 2.04. The summed E-state index contributed by atoms with van der Waals surface area (Å²) >= 11 is 0. The van der Waals surface area contributed by atoms with E-state index in [2.05, 4.69) is 17.1 Å². The molecule has 0 saturated heterocycles.